The van der Waals surface area contributed by atoms with Crippen LogP contribution in [0.3, 0.4) is 0 Å². The normalized spacial score (nSPS) is 13.4. The molecule has 3 nitrogen and oxygen atoms in total. The smallest absolute Gasteiger partial charge is 0.0847 e. The van der Waals surface area contributed by atoms with E-state index >= 15 is 0 Å². The van der Waals surface area contributed by atoms with Gasteiger partial charge in [-0.15, -0.1) is 0 Å². The molecule has 0 saturated heterocycles. The number of halogens is 1. The van der Waals surface area contributed by atoms with E-state index in [-0.39, 0.29) is 6.04 Å². The van der Waals surface area contributed by atoms with Crippen LogP contribution >= 0.6 is 11.6 Å². The minimum atomic E-state index is 0.176. The Kier molecular flexibility index (Phi) is 4.81. The van der Waals surface area contributed by atoms with Gasteiger partial charge < -0.3 is 5.73 Å². The highest BCUT2D eigenvalue weighted by molar-refractivity contribution is 6.31. The average molecular weight is 244 g/mol. The van der Waals surface area contributed by atoms with Gasteiger partial charge in [0, 0.05) is 19.5 Å². The van der Waals surface area contributed by atoms with Crippen LogP contribution in [-0.4, -0.2) is 15.8 Å². The van der Waals surface area contributed by atoms with Crippen LogP contribution in [0.4, 0.5) is 0 Å². The summed E-state index contributed by atoms with van der Waals surface area (Å²) in [6.45, 7) is 6.35. The summed E-state index contributed by atoms with van der Waals surface area (Å²) in [4.78, 5) is 0. The second kappa shape index (κ2) is 5.69. The maximum Gasteiger partial charge on any atom is 0.0847 e. The van der Waals surface area contributed by atoms with E-state index in [2.05, 4.69) is 18.9 Å². The first-order chi connectivity index (χ1) is 7.41. The highest BCUT2D eigenvalue weighted by Gasteiger charge is 2.14. The van der Waals surface area contributed by atoms with Crippen molar-refractivity contribution in [3.8, 4) is 0 Å². The first kappa shape index (κ1) is 13.5. The lowest BCUT2D eigenvalue weighted by Crippen LogP contribution is -2.24. The van der Waals surface area contributed by atoms with Crippen LogP contribution in [0, 0.1) is 12.8 Å². The molecule has 0 aliphatic carbocycles. The quantitative estimate of drug-likeness (QED) is 0.864. The number of hydrogen-bond donors (Lipinski definition) is 1. The summed E-state index contributed by atoms with van der Waals surface area (Å²) in [6, 6.07) is 0.176. The lowest BCUT2D eigenvalue weighted by molar-refractivity contribution is 0.487. The number of hydrogen-bond acceptors (Lipinski definition) is 2. The Balaban J connectivity index is 2.59. The van der Waals surface area contributed by atoms with Crippen LogP contribution in [-0.2, 0) is 13.5 Å². The predicted octanol–water partition coefficient (Wildman–Crippen LogP) is 2.69. The summed E-state index contributed by atoms with van der Waals surface area (Å²) >= 11 is 6.18. The molecule has 0 amide bonds. The van der Waals surface area contributed by atoms with Gasteiger partial charge in [-0.05, 0) is 25.7 Å². The van der Waals surface area contributed by atoms with Crippen molar-refractivity contribution in [2.45, 2.75) is 46.1 Å². The molecule has 1 aromatic rings. The van der Waals surface area contributed by atoms with Crippen molar-refractivity contribution in [3.05, 3.63) is 16.4 Å². The second-order valence-electron chi connectivity index (χ2n) is 4.91. The fourth-order valence-electron chi connectivity index (χ4n) is 1.80. The molecule has 2 N–H and O–H groups in total. The van der Waals surface area contributed by atoms with Gasteiger partial charge in [0.1, 0.15) is 0 Å². The van der Waals surface area contributed by atoms with Gasteiger partial charge in [-0.25, -0.2) is 0 Å². The van der Waals surface area contributed by atoms with E-state index in [1.54, 1.807) is 0 Å². The van der Waals surface area contributed by atoms with E-state index in [1.807, 2.05) is 18.7 Å². The zero-order valence-corrected chi connectivity index (χ0v) is 11.4. The van der Waals surface area contributed by atoms with Crippen molar-refractivity contribution in [1.29, 1.82) is 0 Å². The molecule has 0 aliphatic rings. The Labute approximate surface area is 103 Å². The van der Waals surface area contributed by atoms with Gasteiger partial charge in [0.15, 0.2) is 0 Å². The Morgan fingerprint density at radius 1 is 1.38 bits per heavy atom. The van der Waals surface area contributed by atoms with Crippen LogP contribution in [0.25, 0.3) is 0 Å². The maximum absolute atomic E-state index is 6.18. The molecule has 1 atom stereocenters. The molecule has 0 radical (unpaired) electrons. The summed E-state index contributed by atoms with van der Waals surface area (Å²) < 4.78 is 1.84. The lowest BCUT2D eigenvalue weighted by Gasteiger charge is -2.13. The van der Waals surface area contributed by atoms with Gasteiger partial charge in [-0.3, -0.25) is 4.68 Å². The zero-order valence-electron chi connectivity index (χ0n) is 10.6. The van der Waals surface area contributed by atoms with Crippen molar-refractivity contribution >= 4 is 11.6 Å². The lowest BCUT2D eigenvalue weighted by atomic mass is 10.0. The van der Waals surface area contributed by atoms with Crippen LogP contribution < -0.4 is 5.73 Å². The first-order valence-corrected chi connectivity index (χ1v) is 6.23. The fourth-order valence-corrected chi connectivity index (χ4v) is 2.04. The SMILES string of the molecule is Cc1nn(C)c(CC(N)CCC(C)C)c1Cl. The Morgan fingerprint density at radius 2 is 2.00 bits per heavy atom. The van der Waals surface area contributed by atoms with Gasteiger partial charge in [-0.2, -0.15) is 5.10 Å². The Hall–Kier alpha value is -0.540. The van der Waals surface area contributed by atoms with E-state index in [4.69, 9.17) is 17.3 Å². The van der Waals surface area contributed by atoms with Crippen LogP contribution in [0.1, 0.15) is 38.1 Å². The second-order valence-corrected chi connectivity index (χ2v) is 5.28. The van der Waals surface area contributed by atoms with E-state index < -0.39 is 0 Å². The molecule has 1 unspecified atom stereocenters. The minimum Gasteiger partial charge on any atom is -0.327 e. The summed E-state index contributed by atoms with van der Waals surface area (Å²) in [6.07, 6.45) is 3.01. The van der Waals surface area contributed by atoms with Crippen LogP contribution in [0.5, 0.6) is 0 Å². The Morgan fingerprint density at radius 3 is 2.44 bits per heavy atom. The van der Waals surface area contributed by atoms with Crippen molar-refractivity contribution in [3.63, 3.8) is 0 Å². The van der Waals surface area contributed by atoms with E-state index in [0.717, 1.165) is 35.7 Å². The van der Waals surface area contributed by atoms with E-state index in [1.165, 1.54) is 0 Å². The molecule has 1 heterocycles. The van der Waals surface area contributed by atoms with Gasteiger partial charge in [-0.1, -0.05) is 25.4 Å². The molecule has 0 spiro atoms. The highest BCUT2D eigenvalue weighted by atomic mass is 35.5. The molecular weight excluding hydrogens is 222 g/mol. The number of nitrogens with zero attached hydrogens (tertiary/aromatic N) is 2. The molecule has 92 valence electrons. The molecule has 0 aliphatic heterocycles. The summed E-state index contributed by atoms with van der Waals surface area (Å²) in [7, 11) is 1.92. The van der Waals surface area contributed by atoms with Crippen LogP contribution in [0.15, 0.2) is 0 Å². The molecule has 1 aromatic heterocycles. The van der Waals surface area contributed by atoms with E-state index in [0.29, 0.717) is 5.92 Å². The average Bonchev–Trinajstić information content (AvgIpc) is 2.42. The van der Waals surface area contributed by atoms with Crippen molar-refractivity contribution in [1.82, 2.24) is 9.78 Å². The van der Waals surface area contributed by atoms with Gasteiger partial charge in [0.25, 0.3) is 0 Å². The minimum absolute atomic E-state index is 0.176. The fraction of sp³-hybridized carbons (Fsp3) is 0.750. The molecule has 0 fully saturated rings. The van der Waals surface area contributed by atoms with Crippen LogP contribution in [0.2, 0.25) is 5.02 Å². The third-order valence-electron chi connectivity index (χ3n) is 2.83. The topological polar surface area (TPSA) is 43.8 Å². The van der Waals surface area contributed by atoms with Gasteiger partial charge in [0.2, 0.25) is 0 Å². The number of aryl methyl sites for hydroxylation is 2. The monoisotopic (exact) mass is 243 g/mol. The number of nitrogens with two attached hydrogens (primary N) is 1. The third kappa shape index (κ3) is 3.49. The molecule has 1 rings (SSSR count). The van der Waals surface area contributed by atoms with Crippen molar-refractivity contribution in [2.24, 2.45) is 18.7 Å². The Bertz CT molecular complexity index is 344. The third-order valence-corrected chi connectivity index (χ3v) is 3.32. The predicted molar refractivity (Wildman–Crippen MR) is 68.7 cm³/mol. The molecular formula is C12H22ClN3. The van der Waals surface area contributed by atoms with Gasteiger partial charge in [0.05, 0.1) is 16.4 Å². The number of rotatable bonds is 5. The number of aromatic nitrogens is 2. The molecule has 4 heteroatoms. The molecule has 0 saturated carbocycles. The largest absolute Gasteiger partial charge is 0.327 e. The molecule has 0 aromatic carbocycles. The highest BCUT2D eigenvalue weighted by Crippen LogP contribution is 2.21. The molecule has 16 heavy (non-hydrogen) atoms. The van der Waals surface area contributed by atoms with Crippen molar-refractivity contribution in [2.75, 3.05) is 0 Å². The zero-order chi connectivity index (χ0) is 12.3. The maximum atomic E-state index is 6.18. The summed E-state index contributed by atoms with van der Waals surface area (Å²) in [5.41, 5.74) is 8.04. The molecule has 0 bridgehead atoms. The summed E-state index contributed by atoms with van der Waals surface area (Å²) in [5.74, 6) is 0.704. The first-order valence-electron chi connectivity index (χ1n) is 5.85. The van der Waals surface area contributed by atoms with Gasteiger partial charge >= 0.3 is 0 Å². The standard InChI is InChI=1S/C12H22ClN3/c1-8(2)5-6-10(14)7-11-12(13)9(3)15-16(11)4/h8,10H,5-7,14H2,1-4H3. The van der Waals surface area contributed by atoms with E-state index in [9.17, 15) is 0 Å². The van der Waals surface area contributed by atoms with Crippen molar-refractivity contribution < 1.29 is 0 Å². The summed E-state index contributed by atoms with van der Waals surface area (Å²) in [5, 5.41) is 5.05.